The quantitative estimate of drug-likeness (QED) is 0.883. The Balaban J connectivity index is 1.70. The SMILES string of the molecule is CN1CCOc2ccc(NC(=O)c3ccc(/C=C/C(F)(F)F)cc3)cc21. The van der Waals surface area contributed by atoms with Crippen molar-refractivity contribution >= 4 is 23.4 Å². The van der Waals surface area contributed by atoms with Gasteiger partial charge in [-0.2, -0.15) is 13.2 Å². The lowest BCUT2D eigenvalue weighted by Crippen LogP contribution is -2.28. The number of amides is 1. The van der Waals surface area contributed by atoms with Gasteiger partial charge in [-0.25, -0.2) is 0 Å². The molecule has 0 fully saturated rings. The number of halogens is 3. The predicted molar refractivity (Wildman–Crippen MR) is 94.7 cm³/mol. The van der Waals surface area contributed by atoms with Crippen molar-refractivity contribution in [1.82, 2.24) is 0 Å². The highest BCUT2D eigenvalue weighted by Gasteiger charge is 2.21. The number of fused-ring (bicyclic) bond motifs is 1. The summed E-state index contributed by atoms with van der Waals surface area (Å²) in [4.78, 5) is 14.4. The van der Waals surface area contributed by atoms with Gasteiger partial charge in [0.05, 0.1) is 12.2 Å². The van der Waals surface area contributed by atoms with Gasteiger partial charge in [0.15, 0.2) is 0 Å². The van der Waals surface area contributed by atoms with Gasteiger partial charge in [-0.1, -0.05) is 18.2 Å². The highest BCUT2D eigenvalue weighted by atomic mass is 19.4. The lowest BCUT2D eigenvalue weighted by Gasteiger charge is -2.28. The number of carbonyl (C=O) groups is 1. The maximum absolute atomic E-state index is 12.3. The minimum atomic E-state index is -4.36. The van der Waals surface area contributed by atoms with Gasteiger partial charge >= 0.3 is 6.18 Å². The molecule has 0 atom stereocenters. The first-order valence-electron chi connectivity index (χ1n) is 7.97. The molecule has 0 radical (unpaired) electrons. The first-order chi connectivity index (χ1) is 12.3. The molecular formula is C19H17F3N2O2. The van der Waals surface area contributed by atoms with Gasteiger partial charge in [0.25, 0.3) is 5.91 Å². The van der Waals surface area contributed by atoms with Crippen molar-refractivity contribution in [1.29, 1.82) is 0 Å². The first-order valence-corrected chi connectivity index (χ1v) is 7.97. The molecule has 0 saturated carbocycles. The molecule has 1 heterocycles. The number of nitrogens with zero attached hydrogens (tertiary/aromatic N) is 1. The second-order valence-corrected chi connectivity index (χ2v) is 5.90. The standard InChI is InChI=1S/C19H17F3N2O2/c1-24-10-11-26-17-7-6-15(12-16(17)24)23-18(25)14-4-2-13(3-5-14)8-9-19(20,21)22/h2-9,12H,10-11H2,1H3,(H,23,25)/b9-8+. The Kier molecular flexibility index (Phi) is 4.88. The van der Waals surface area contributed by atoms with Gasteiger partial charge < -0.3 is 15.0 Å². The van der Waals surface area contributed by atoms with E-state index in [9.17, 15) is 18.0 Å². The average molecular weight is 362 g/mol. The topological polar surface area (TPSA) is 41.6 Å². The summed E-state index contributed by atoms with van der Waals surface area (Å²) >= 11 is 0. The molecule has 0 saturated heterocycles. The van der Waals surface area contributed by atoms with Gasteiger partial charge in [0.1, 0.15) is 12.4 Å². The third kappa shape index (κ3) is 4.36. The molecule has 4 nitrogen and oxygen atoms in total. The number of hydrogen-bond acceptors (Lipinski definition) is 3. The van der Waals surface area contributed by atoms with Gasteiger partial charge in [-0.15, -0.1) is 0 Å². The summed E-state index contributed by atoms with van der Waals surface area (Å²) in [5, 5.41) is 2.79. The van der Waals surface area contributed by atoms with E-state index in [1.807, 2.05) is 18.0 Å². The van der Waals surface area contributed by atoms with Gasteiger partial charge in [-0.05, 0) is 35.9 Å². The van der Waals surface area contributed by atoms with Crippen molar-refractivity contribution in [2.75, 3.05) is 30.4 Å². The van der Waals surface area contributed by atoms with Crippen LogP contribution in [0.2, 0.25) is 0 Å². The Hall–Kier alpha value is -2.96. The van der Waals surface area contributed by atoms with Crippen LogP contribution in [0, 0.1) is 0 Å². The molecule has 0 aliphatic carbocycles. The third-order valence-electron chi connectivity index (χ3n) is 3.95. The molecule has 136 valence electrons. The molecule has 2 aromatic carbocycles. The molecule has 1 aliphatic rings. The maximum atomic E-state index is 12.3. The normalized spacial score (nSPS) is 14.1. The molecule has 26 heavy (non-hydrogen) atoms. The lowest BCUT2D eigenvalue weighted by molar-refractivity contribution is -0.0790. The predicted octanol–water partition coefficient (Wildman–Crippen LogP) is 4.34. The lowest BCUT2D eigenvalue weighted by atomic mass is 10.1. The van der Waals surface area contributed by atoms with Gasteiger partial charge in [-0.3, -0.25) is 4.79 Å². The van der Waals surface area contributed by atoms with Crippen LogP contribution < -0.4 is 15.0 Å². The number of carbonyl (C=O) groups excluding carboxylic acids is 1. The number of alkyl halides is 3. The number of benzene rings is 2. The molecule has 0 bridgehead atoms. The van der Waals surface area contributed by atoms with Crippen LogP contribution in [-0.4, -0.2) is 32.3 Å². The minimum absolute atomic E-state index is 0.160. The van der Waals surface area contributed by atoms with Crippen molar-refractivity contribution in [3.05, 3.63) is 59.7 Å². The van der Waals surface area contributed by atoms with E-state index < -0.39 is 6.18 Å². The third-order valence-corrected chi connectivity index (χ3v) is 3.95. The molecule has 0 unspecified atom stereocenters. The number of anilines is 2. The second kappa shape index (κ2) is 7.11. The number of ether oxygens (including phenoxy) is 1. The van der Waals surface area contributed by atoms with E-state index in [0.717, 1.165) is 24.1 Å². The van der Waals surface area contributed by atoms with E-state index >= 15 is 0 Å². The average Bonchev–Trinajstić information content (AvgIpc) is 2.60. The summed E-state index contributed by atoms with van der Waals surface area (Å²) in [7, 11) is 1.94. The molecule has 1 amide bonds. The highest BCUT2D eigenvalue weighted by molar-refractivity contribution is 6.04. The van der Waals surface area contributed by atoms with E-state index in [4.69, 9.17) is 4.74 Å². The van der Waals surface area contributed by atoms with Crippen molar-refractivity contribution in [3.63, 3.8) is 0 Å². The fourth-order valence-electron chi connectivity index (χ4n) is 2.57. The fraction of sp³-hybridized carbons (Fsp3) is 0.211. The molecule has 1 N–H and O–H groups in total. The van der Waals surface area contributed by atoms with E-state index in [0.29, 0.717) is 23.4 Å². The largest absolute Gasteiger partial charge is 0.490 e. The second-order valence-electron chi connectivity index (χ2n) is 5.90. The molecular weight excluding hydrogens is 345 g/mol. The monoisotopic (exact) mass is 362 g/mol. The molecule has 1 aliphatic heterocycles. The van der Waals surface area contributed by atoms with Crippen LogP contribution in [0.15, 0.2) is 48.5 Å². The van der Waals surface area contributed by atoms with Crippen LogP contribution in [0.5, 0.6) is 5.75 Å². The summed E-state index contributed by atoms with van der Waals surface area (Å²) in [6.45, 7) is 1.38. The number of likely N-dealkylation sites (N-methyl/N-ethyl adjacent to an activating group) is 1. The van der Waals surface area contributed by atoms with E-state index in [1.165, 1.54) is 24.3 Å². The zero-order valence-corrected chi connectivity index (χ0v) is 14.0. The maximum Gasteiger partial charge on any atom is 0.409 e. The Morgan fingerprint density at radius 3 is 2.62 bits per heavy atom. The van der Waals surface area contributed by atoms with Crippen molar-refractivity contribution in [3.8, 4) is 5.75 Å². The van der Waals surface area contributed by atoms with Gasteiger partial charge in [0, 0.05) is 24.4 Å². The van der Waals surface area contributed by atoms with Crippen molar-refractivity contribution in [2.24, 2.45) is 0 Å². The Morgan fingerprint density at radius 2 is 1.92 bits per heavy atom. The molecule has 2 aromatic rings. The van der Waals surface area contributed by atoms with E-state index in [1.54, 1.807) is 12.1 Å². The number of nitrogens with one attached hydrogen (secondary N) is 1. The van der Waals surface area contributed by atoms with E-state index in [-0.39, 0.29) is 12.0 Å². The van der Waals surface area contributed by atoms with Crippen molar-refractivity contribution < 1.29 is 22.7 Å². The zero-order chi connectivity index (χ0) is 18.7. The van der Waals surface area contributed by atoms with Crippen LogP contribution in [0.25, 0.3) is 6.08 Å². The van der Waals surface area contributed by atoms with E-state index in [2.05, 4.69) is 5.32 Å². The van der Waals surface area contributed by atoms with Crippen molar-refractivity contribution in [2.45, 2.75) is 6.18 Å². The fourth-order valence-corrected chi connectivity index (χ4v) is 2.57. The molecule has 0 aromatic heterocycles. The van der Waals surface area contributed by atoms with Crippen LogP contribution >= 0.6 is 0 Å². The van der Waals surface area contributed by atoms with Crippen LogP contribution in [0.3, 0.4) is 0 Å². The summed E-state index contributed by atoms with van der Waals surface area (Å²) in [5.74, 6) is 0.424. The van der Waals surface area contributed by atoms with Gasteiger partial charge in [0.2, 0.25) is 0 Å². The zero-order valence-electron chi connectivity index (χ0n) is 14.0. The Morgan fingerprint density at radius 1 is 1.19 bits per heavy atom. The number of rotatable bonds is 3. The van der Waals surface area contributed by atoms with Crippen LogP contribution in [0.1, 0.15) is 15.9 Å². The minimum Gasteiger partial charge on any atom is -0.490 e. The Labute approximate surface area is 148 Å². The smallest absolute Gasteiger partial charge is 0.409 e. The first kappa shape index (κ1) is 17.8. The number of hydrogen-bond donors (Lipinski definition) is 1. The van der Waals surface area contributed by atoms with Crippen LogP contribution in [0.4, 0.5) is 24.5 Å². The molecule has 0 spiro atoms. The summed E-state index contributed by atoms with van der Waals surface area (Å²) in [5.41, 5.74) is 2.23. The molecule has 3 rings (SSSR count). The summed E-state index contributed by atoms with van der Waals surface area (Å²) in [6, 6.07) is 11.3. The Bertz CT molecular complexity index is 830. The molecule has 7 heteroatoms. The highest BCUT2D eigenvalue weighted by Crippen LogP contribution is 2.33. The summed E-state index contributed by atoms with van der Waals surface area (Å²) < 4.78 is 42.1. The summed E-state index contributed by atoms with van der Waals surface area (Å²) in [6.07, 6.45) is -3.24. The number of allylic oxidation sites excluding steroid dienone is 1. The van der Waals surface area contributed by atoms with Crippen LogP contribution in [-0.2, 0) is 0 Å².